The molecule has 0 heterocycles. The molecule has 2 N–H and O–H groups in total. The summed E-state index contributed by atoms with van der Waals surface area (Å²) in [6.07, 6.45) is 0. The van der Waals surface area contributed by atoms with Crippen molar-refractivity contribution in [2.45, 2.75) is 30.9 Å². The molecule has 0 bridgehead atoms. The van der Waals surface area contributed by atoms with Crippen LogP contribution in [0.25, 0.3) is 0 Å². The highest BCUT2D eigenvalue weighted by Gasteiger charge is 2.16. The molecular weight excluding hydrogens is 408 g/mol. The van der Waals surface area contributed by atoms with E-state index in [1.807, 2.05) is 63.2 Å². The van der Waals surface area contributed by atoms with Crippen molar-refractivity contribution in [2.24, 2.45) is 0 Å². The predicted molar refractivity (Wildman–Crippen MR) is 127 cm³/mol. The lowest BCUT2D eigenvalue weighted by molar-refractivity contribution is -0.115. The number of carbonyl (C=O) groups is 2. The van der Waals surface area contributed by atoms with Crippen LogP contribution in [0.5, 0.6) is 5.75 Å². The molecule has 0 aliphatic rings. The smallest absolute Gasteiger partial charge is 0.255 e. The lowest BCUT2D eigenvalue weighted by Crippen LogP contribution is -2.22. The fraction of sp³-hybridized carbons (Fsp3) is 0.200. The molecule has 2 amide bonds. The van der Waals surface area contributed by atoms with Gasteiger partial charge in [0, 0.05) is 21.8 Å². The van der Waals surface area contributed by atoms with E-state index in [0.717, 1.165) is 21.7 Å². The van der Waals surface area contributed by atoms with Crippen molar-refractivity contribution in [1.82, 2.24) is 0 Å². The second kappa shape index (κ2) is 10.2. The van der Waals surface area contributed by atoms with E-state index < -0.39 is 0 Å². The molecule has 3 aromatic rings. The van der Waals surface area contributed by atoms with Crippen LogP contribution in [0.3, 0.4) is 0 Å². The molecule has 1 atom stereocenters. The summed E-state index contributed by atoms with van der Waals surface area (Å²) in [7, 11) is 1.58. The van der Waals surface area contributed by atoms with Crippen molar-refractivity contribution in [3.05, 3.63) is 83.4 Å². The van der Waals surface area contributed by atoms with Crippen molar-refractivity contribution < 1.29 is 14.3 Å². The molecule has 5 nitrogen and oxygen atoms in total. The van der Waals surface area contributed by atoms with Gasteiger partial charge in [-0.1, -0.05) is 18.2 Å². The average molecular weight is 435 g/mol. The minimum atomic E-state index is -0.299. The van der Waals surface area contributed by atoms with Crippen molar-refractivity contribution in [3.8, 4) is 5.75 Å². The molecule has 0 aliphatic carbocycles. The van der Waals surface area contributed by atoms with Gasteiger partial charge in [0.15, 0.2) is 0 Å². The summed E-state index contributed by atoms with van der Waals surface area (Å²) in [6.45, 7) is 5.84. The quantitative estimate of drug-likeness (QED) is 0.469. The summed E-state index contributed by atoms with van der Waals surface area (Å²) in [6, 6.07) is 20.4. The summed E-state index contributed by atoms with van der Waals surface area (Å²) in [5.74, 6) is 0.431. The van der Waals surface area contributed by atoms with Crippen LogP contribution in [0.4, 0.5) is 11.4 Å². The van der Waals surface area contributed by atoms with Gasteiger partial charge in [-0.2, -0.15) is 0 Å². The number of thioether (sulfide) groups is 1. The van der Waals surface area contributed by atoms with Gasteiger partial charge in [0.2, 0.25) is 5.91 Å². The van der Waals surface area contributed by atoms with Crippen LogP contribution < -0.4 is 15.4 Å². The number of hydrogen-bond donors (Lipinski definition) is 2. The molecule has 0 saturated heterocycles. The number of aryl methyl sites for hydroxylation is 2. The predicted octanol–water partition coefficient (Wildman–Crippen LogP) is 5.68. The number of carbonyl (C=O) groups excluding carboxylic acids is 2. The van der Waals surface area contributed by atoms with Gasteiger partial charge >= 0.3 is 0 Å². The zero-order valence-corrected chi connectivity index (χ0v) is 18.9. The lowest BCUT2D eigenvalue weighted by Gasteiger charge is -2.15. The molecule has 0 aromatic heterocycles. The van der Waals surface area contributed by atoms with Gasteiger partial charge in [-0.15, -0.1) is 11.8 Å². The Hall–Kier alpha value is -3.25. The third-order valence-corrected chi connectivity index (χ3v) is 5.87. The Kier molecular flexibility index (Phi) is 7.36. The number of nitrogens with one attached hydrogen (secondary N) is 2. The Morgan fingerprint density at radius 1 is 0.935 bits per heavy atom. The third-order valence-electron chi connectivity index (χ3n) is 4.78. The maximum Gasteiger partial charge on any atom is 0.255 e. The molecule has 3 rings (SSSR count). The number of hydrogen-bond acceptors (Lipinski definition) is 4. The van der Waals surface area contributed by atoms with E-state index in [-0.39, 0.29) is 17.1 Å². The fourth-order valence-electron chi connectivity index (χ4n) is 2.96. The highest BCUT2D eigenvalue weighted by molar-refractivity contribution is 8.00. The van der Waals surface area contributed by atoms with Crippen molar-refractivity contribution in [1.29, 1.82) is 0 Å². The zero-order chi connectivity index (χ0) is 22.4. The molecule has 0 radical (unpaired) electrons. The minimum Gasteiger partial charge on any atom is -0.497 e. The molecule has 3 aromatic carbocycles. The Morgan fingerprint density at radius 2 is 1.68 bits per heavy atom. The van der Waals surface area contributed by atoms with Crippen LogP contribution >= 0.6 is 11.8 Å². The SMILES string of the molecule is COc1ccc(C(=O)Nc2cccc(SC(C)C(=O)Nc3cc(C)ccc3C)c2)cc1. The Labute approximate surface area is 187 Å². The topological polar surface area (TPSA) is 67.4 Å². The average Bonchev–Trinajstić information content (AvgIpc) is 2.76. The highest BCUT2D eigenvalue weighted by Crippen LogP contribution is 2.27. The molecule has 31 heavy (non-hydrogen) atoms. The van der Waals surface area contributed by atoms with E-state index in [9.17, 15) is 9.59 Å². The molecule has 0 aliphatic heterocycles. The van der Waals surface area contributed by atoms with Gasteiger partial charge in [0.25, 0.3) is 5.91 Å². The molecule has 1 unspecified atom stereocenters. The van der Waals surface area contributed by atoms with Crippen molar-refractivity contribution in [2.75, 3.05) is 17.7 Å². The summed E-state index contributed by atoms with van der Waals surface area (Å²) in [5, 5.41) is 5.61. The normalized spacial score (nSPS) is 11.5. The monoisotopic (exact) mass is 434 g/mol. The summed E-state index contributed by atoms with van der Waals surface area (Å²) >= 11 is 1.44. The molecule has 160 valence electrons. The van der Waals surface area contributed by atoms with Crippen LogP contribution in [0.15, 0.2) is 71.6 Å². The van der Waals surface area contributed by atoms with E-state index in [1.54, 1.807) is 31.4 Å². The molecular formula is C25H26N2O3S. The molecule has 0 fully saturated rings. The second-order valence-corrected chi connectivity index (χ2v) is 8.69. The molecule has 0 saturated carbocycles. The van der Waals surface area contributed by atoms with Crippen LogP contribution in [-0.4, -0.2) is 24.2 Å². The van der Waals surface area contributed by atoms with Gasteiger partial charge < -0.3 is 15.4 Å². The van der Waals surface area contributed by atoms with Crippen LogP contribution in [0.1, 0.15) is 28.4 Å². The molecule has 6 heteroatoms. The van der Waals surface area contributed by atoms with Gasteiger partial charge in [-0.25, -0.2) is 0 Å². The fourth-order valence-corrected chi connectivity index (χ4v) is 3.88. The third kappa shape index (κ3) is 6.12. The number of benzene rings is 3. The number of methoxy groups -OCH3 is 1. The van der Waals surface area contributed by atoms with Gasteiger partial charge in [0.05, 0.1) is 12.4 Å². The van der Waals surface area contributed by atoms with E-state index in [0.29, 0.717) is 17.0 Å². The van der Waals surface area contributed by atoms with Gasteiger partial charge in [-0.05, 0) is 80.4 Å². The lowest BCUT2D eigenvalue weighted by atomic mass is 10.1. The second-order valence-electron chi connectivity index (χ2n) is 7.28. The van der Waals surface area contributed by atoms with Crippen LogP contribution in [-0.2, 0) is 4.79 Å². The van der Waals surface area contributed by atoms with E-state index in [4.69, 9.17) is 4.74 Å². The van der Waals surface area contributed by atoms with Crippen molar-refractivity contribution >= 4 is 35.0 Å². The number of ether oxygens (including phenoxy) is 1. The summed E-state index contributed by atoms with van der Waals surface area (Å²) in [5.41, 5.74) is 4.17. The summed E-state index contributed by atoms with van der Waals surface area (Å²) in [4.78, 5) is 26.1. The van der Waals surface area contributed by atoms with E-state index in [2.05, 4.69) is 10.6 Å². The van der Waals surface area contributed by atoms with Gasteiger partial charge in [-0.3, -0.25) is 9.59 Å². The Bertz CT molecular complexity index is 1080. The number of rotatable bonds is 7. The van der Waals surface area contributed by atoms with Gasteiger partial charge in [0.1, 0.15) is 5.75 Å². The minimum absolute atomic E-state index is 0.0635. The first-order chi connectivity index (χ1) is 14.9. The zero-order valence-electron chi connectivity index (χ0n) is 18.1. The van der Waals surface area contributed by atoms with Crippen LogP contribution in [0.2, 0.25) is 0 Å². The van der Waals surface area contributed by atoms with Crippen molar-refractivity contribution in [3.63, 3.8) is 0 Å². The largest absolute Gasteiger partial charge is 0.497 e. The summed E-state index contributed by atoms with van der Waals surface area (Å²) < 4.78 is 5.12. The first kappa shape index (κ1) is 22.4. The first-order valence-corrected chi connectivity index (χ1v) is 10.8. The maximum absolute atomic E-state index is 12.7. The first-order valence-electron chi connectivity index (χ1n) is 9.96. The highest BCUT2D eigenvalue weighted by atomic mass is 32.2. The van der Waals surface area contributed by atoms with Crippen LogP contribution in [0, 0.1) is 13.8 Å². The standard InChI is InChI=1S/C25H26N2O3S/c1-16-8-9-17(2)23(14-16)27-24(28)18(3)31-22-7-5-6-20(15-22)26-25(29)19-10-12-21(30-4)13-11-19/h5-15,18H,1-4H3,(H,26,29)(H,27,28). The molecule has 0 spiro atoms. The van der Waals surface area contributed by atoms with E-state index >= 15 is 0 Å². The van der Waals surface area contributed by atoms with E-state index in [1.165, 1.54) is 11.8 Å². The Balaban J connectivity index is 1.63. The number of anilines is 2. The number of amides is 2. The Morgan fingerprint density at radius 3 is 2.39 bits per heavy atom. The maximum atomic E-state index is 12.7.